The largest absolute Gasteiger partial charge is 0.495 e. The number of hydrogen-bond acceptors (Lipinski definition) is 4. The first-order valence-corrected chi connectivity index (χ1v) is 5.96. The lowest BCUT2D eigenvalue weighted by Gasteiger charge is -2.08. The van der Waals surface area contributed by atoms with Crippen molar-refractivity contribution in [3.8, 4) is 5.75 Å². The van der Waals surface area contributed by atoms with Gasteiger partial charge < -0.3 is 9.84 Å². The van der Waals surface area contributed by atoms with Gasteiger partial charge in [-0.05, 0) is 33.8 Å². The molecule has 0 saturated carbocycles. The second-order valence-corrected chi connectivity index (χ2v) is 4.54. The zero-order valence-electron chi connectivity index (χ0n) is 7.64. The number of rotatable bonds is 3. The highest BCUT2D eigenvalue weighted by Crippen LogP contribution is 2.35. The number of ether oxygens (including phenoxy) is 1. The molecule has 2 aromatic heterocycles. The fourth-order valence-electron chi connectivity index (χ4n) is 1.26. The smallest absolute Gasteiger partial charge is 0.135 e. The van der Waals surface area contributed by atoms with E-state index in [2.05, 4.69) is 0 Å². The molecular weight excluding hydrogens is 216 g/mol. The summed E-state index contributed by atoms with van der Waals surface area (Å²) < 4.78 is 5.16. The lowest BCUT2D eigenvalue weighted by Crippen LogP contribution is -1.97. The zero-order valence-corrected chi connectivity index (χ0v) is 9.27. The summed E-state index contributed by atoms with van der Waals surface area (Å²) in [5, 5.41) is 15.8. The molecule has 1 unspecified atom stereocenters. The first-order chi connectivity index (χ1) is 6.83. The van der Waals surface area contributed by atoms with Gasteiger partial charge in [-0.15, -0.1) is 11.3 Å². The van der Waals surface area contributed by atoms with E-state index in [1.165, 1.54) is 11.3 Å². The van der Waals surface area contributed by atoms with E-state index in [-0.39, 0.29) is 0 Å². The Balaban J connectivity index is 2.31. The summed E-state index contributed by atoms with van der Waals surface area (Å²) in [5.74, 6) is 0.758. The van der Waals surface area contributed by atoms with Gasteiger partial charge in [-0.25, -0.2) is 0 Å². The molecule has 0 aliphatic carbocycles. The fourth-order valence-corrected chi connectivity index (χ4v) is 2.81. The van der Waals surface area contributed by atoms with Crippen molar-refractivity contribution in [1.29, 1.82) is 0 Å². The van der Waals surface area contributed by atoms with Crippen LogP contribution in [-0.2, 0) is 0 Å². The van der Waals surface area contributed by atoms with E-state index in [0.717, 1.165) is 16.2 Å². The third kappa shape index (κ3) is 1.68. The third-order valence-electron chi connectivity index (χ3n) is 1.98. The average molecular weight is 226 g/mol. The second kappa shape index (κ2) is 4.13. The van der Waals surface area contributed by atoms with Crippen LogP contribution in [-0.4, -0.2) is 12.2 Å². The van der Waals surface area contributed by atoms with Gasteiger partial charge in [-0.3, -0.25) is 0 Å². The summed E-state index contributed by atoms with van der Waals surface area (Å²) in [4.78, 5) is 0.867. The molecule has 0 aliphatic rings. The van der Waals surface area contributed by atoms with Crippen molar-refractivity contribution in [2.24, 2.45) is 0 Å². The van der Waals surface area contributed by atoms with Crippen LogP contribution < -0.4 is 4.74 Å². The molecule has 0 radical (unpaired) electrons. The van der Waals surface area contributed by atoms with Crippen LogP contribution in [0, 0.1) is 0 Å². The first-order valence-electron chi connectivity index (χ1n) is 4.14. The van der Waals surface area contributed by atoms with Crippen LogP contribution in [0.25, 0.3) is 0 Å². The third-order valence-corrected chi connectivity index (χ3v) is 3.64. The molecule has 74 valence electrons. The molecule has 1 atom stereocenters. The summed E-state index contributed by atoms with van der Waals surface area (Å²) in [7, 11) is 1.62. The minimum Gasteiger partial charge on any atom is -0.495 e. The number of aliphatic hydroxyl groups is 1. The molecule has 0 spiro atoms. The number of aliphatic hydroxyl groups excluding tert-OH is 1. The summed E-state index contributed by atoms with van der Waals surface area (Å²) in [6.45, 7) is 0. The lowest BCUT2D eigenvalue weighted by molar-refractivity contribution is 0.219. The Labute approximate surface area is 90.4 Å². The standard InChI is InChI=1S/C10H10O2S2/c1-12-8-3-5-14-10(8)9(11)7-2-4-13-6-7/h2-6,9,11H,1H3. The maximum atomic E-state index is 10.0. The van der Waals surface area contributed by atoms with E-state index < -0.39 is 6.10 Å². The first kappa shape index (κ1) is 9.71. The SMILES string of the molecule is COc1ccsc1C(O)c1ccsc1. The average Bonchev–Trinajstić information content (AvgIpc) is 2.87. The van der Waals surface area contributed by atoms with Gasteiger partial charge in [0.25, 0.3) is 0 Å². The molecule has 2 rings (SSSR count). The second-order valence-electron chi connectivity index (χ2n) is 2.81. The molecule has 0 fully saturated rings. The normalized spacial score (nSPS) is 12.7. The van der Waals surface area contributed by atoms with Crippen LogP contribution in [0.5, 0.6) is 5.75 Å². The van der Waals surface area contributed by atoms with Gasteiger partial charge in [-0.2, -0.15) is 11.3 Å². The summed E-state index contributed by atoms with van der Waals surface area (Å²) in [6.07, 6.45) is -0.559. The van der Waals surface area contributed by atoms with Crippen molar-refractivity contribution < 1.29 is 9.84 Å². The van der Waals surface area contributed by atoms with E-state index in [0.29, 0.717) is 0 Å². The summed E-state index contributed by atoms with van der Waals surface area (Å²) in [5.41, 5.74) is 0.927. The van der Waals surface area contributed by atoms with Crippen molar-refractivity contribution in [3.05, 3.63) is 38.7 Å². The Morgan fingerprint density at radius 2 is 2.21 bits per heavy atom. The molecule has 2 heterocycles. The van der Waals surface area contributed by atoms with Crippen LogP contribution in [0.3, 0.4) is 0 Å². The van der Waals surface area contributed by atoms with Crippen molar-refractivity contribution in [2.45, 2.75) is 6.10 Å². The molecule has 0 aromatic carbocycles. The van der Waals surface area contributed by atoms with Crippen LogP contribution in [0.2, 0.25) is 0 Å². The lowest BCUT2D eigenvalue weighted by atomic mass is 10.1. The molecule has 4 heteroatoms. The van der Waals surface area contributed by atoms with Gasteiger partial charge in [-0.1, -0.05) is 0 Å². The Morgan fingerprint density at radius 3 is 2.86 bits per heavy atom. The minimum absolute atomic E-state index is 0.559. The molecule has 14 heavy (non-hydrogen) atoms. The van der Waals surface area contributed by atoms with Crippen LogP contribution in [0.15, 0.2) is 28.3 Å². The van der Waals surface area contributed by atoms with Gasteiger partial charge in [0.15, 0.2) is 0 Å². The highest BCUT2D eigenvalue weighted by Gasteiger charge is 2.16. The molecule has 0 bridgehead atoms. The Hall–Kier alpha value is -0.840. The Bertz CT molecular complexity index is 392. The molecular formula is C10H10O2S2. The van der Waals surface area contributed by atoms with Gasteiger partial charge in [0.2, 0.25) is 0 Å². The van der Waals surface area contributed by atoms with E-state index in [1.807, 2.05) is 28.3 Å². The molecule has 0 amide bonds. The van der Waals surface area contributed by atoms with Crippen molar-refractivity contribution in [1.82, 2.24) is 0 Å². The van der Waals surface area contributed by atoms with Gasteiger partial charge >= 0.3 is 0 Å². The number of hydrogen-bond donors (Lipinski definition) is 1. The summed E-state index contributed by atoms with van der Waals surface area (Å²) >= 11 is 3.09. The highest BCUT2D eigenvalue weighted by molar-refractivity contribution is 7.10. The van der Waals surface area contributed by atoms with Crippen LogP contribution in [0.4, 0.5) is 0 Å². The topological polar surface area (TPSA) is 29.5 Å². The molecule has 0 saturated heterocycles. The van der Waals surface area contributed by atoms with E-state index in [4.69, 9.17) is 4.74 Å². The molecule has 2 nitrogen and oxygen atoms in total. The zero-order chi connectivity index (χ0) is 9.97. The predicted octanol–water partition coefficient (Wildman–Crippen LogP) is 2.90. The van der Waals surface area contributed by atoms with Crippen molar-refractivity contribution in [2.75, 3.05) is 7.11 Å². The van der Waals surface area contributed by atoms with E-state index in [9.17, 15) is 5.11 Å². The van der Waals surface area contributed by atoms with Gasteiger partial charge in [0, 0.05) is 0 Å². The van der Waals surface area contributed by atoms with Gasteiger partial charge in [0.1, 0.15) is 11.9 Å². The quantitative estimate of drug-likeness (QED) is 0.872. The highest BCUT2D eigenvalue weighted by atomic mass is 32.1. The minimum atomic E-state index is -0.559. The predicted molar refractivity (Wildman–Crippen MR) is 59.3 cm³/mol. The van der Waals surface area contributed by atoms with E-state index >= 15 is 0 Å². The number of methoxy groups -OCH3 is 1. The Kier molecular flexibility index (Phi) is 2.86. The van der Waals surface area contributed by atoms with Crippen LogP contribution >= 0.6 is 22.7 Å². The Morgan fingerprint density at radius 1 is 1.36 bits per heavy atom. The maximum absolute atomic E-state index is 10.0. The van der Waals surface area contributed by atoms with Crippen LogP contribution in [0.1, 0.15) is 16.5 Å². The summed E-state index contributed by atoms with van der Waals surface area (Å²) in [6, 6.07) is 3.80. The monoisotopic (exact) mass is 226 g/mol. The fraction of sp³-hybridized carbons (Fsp3) is 0.200. The number of thiophene rings is 2. The van der Waals surface area contributed by atoms with Crippen molar-refractivity contribution in [3.63, 3.8) is 0 Å². The molecule has 0 aliphatic heterocycles. The van der Waals surface area contributed by atoms with Crippen molar-refractivity contribution >= 4 is 22.7 Å². The van der Waals surface area contributed by atoms with E-state index in [1.54, 1.807) is 18.4 Å². The maximum Gasteiger partial charge on any atom is 0.135 e. The molecule has 2 aromatic rings. The van der Waals surface area contributed by atoms with Gasteiger partial charge in [0.05, 0.1) is 12.0 Å². The molecule has 1 N–H and O–H groups in total.